The van der Waals surface area contributed by atoms with Crippen molar-refractivity contribution in [2.24, 2.45) is 0 Å². The maximum atomic E-state index is 2.30. The summed E-state index contributed by atoms with van der Waals surface area (Å²) in [5.74, 6) is 0.661. The van der Waals surface area contributed by atoms with Crippen molar-refractivity contribution in [1.29, 1.82) is 0 Å². The van der Waals surface area contributed by atoms with E-state index in [1.54, 1.807) is 10.8 Å². The molecule has 0 N–H and O–H groups in total. The quantitative estimate of drug-likeness (QED) is 0.527. The predicted octanol–water partition coefficient (Wildman–Crippen LogP) is 1.90. The van der Waals surface area contributed by atoms with Gasteiger partial charge in [-0.2, -0.15) is 0 Å². The van der Waals surface area contributed by atoms with Crippen molar-refractivity contribution in [2.75, 3.05) is 0 Å². The second-order valence-corrected chi connectivity index (χ2v) is 4.62. The lowest BCUT2D eigenvalue weighted by Gasteiger charge is -2.05. The lowest BCUT2D eigenvalue weighted by atomic mass is 9.99. The van der Waals surface area contributed by atoms with E-state index in [4.69, 9.17) is 0 Å². The summed E-state index contributed by atoms with van der Waals surface area (Å²) < 4.78 is 0. The Balaban J connectivity index is 2.65. The summed E-state index contributed by atoms with van der Waals surface area (Å²) in [7, 11) is 1.18. The zero-order valence-corrected chi connectivity index (χ0v) is 9.89. The van der Waals surface area contributed by atoms with Crippen molar-refractivity contribution >= 4 is 15.4 Å². The van der Waals surface area contributed by atoms with Crippen LogP contribution in [0.25, 0.3) is 5.20 Å². The molecule has 62 valence electrons. The van der Waals surface area contributed by atoms with Crippen molar-refractivity contribution in [3.05, 3.63) is 41.0 Å². The van der Waals surface area contributed by atoms with Crippen molar-refractivity contribution in [3.63, 3.8) is 0 Å². The minimum atomic E-state index is 0.661. The van der Waals surface area contributed by atoms with Gasteiger partial charge in [-0.15, -0.1) is 0 Å². The van der Waals surface area contributed by atoms with Gasteiger partial charge in [0.25, 0.3) is 0 Å². The average molecular weight is 174 g/mol. The molecule has 0 bridgehead atoms. The first kappa shape index (κ1) is 7.81. The Morgan fingerprint density at radius 3 is 2.58 bits per heavy atom. The second-order valence-electron chi connectivity index (χ2n) is 3.62. The highest BCUT2D eigenvalue weighted by Crippen LogP contribution is 2.39. The van der Waals surface area contributed by atoms with Gasteiger partial charge in [0.15, 0.2) is 0 Å². The number of benzene rings is 1. The first-order valence-electron chi connectivity index (χ1n) is 4.48. The molecule has 0 saturated carbocycles. The van der Waals surface area contributed by atoms with Gasteiger partial charge in [-0.3, -0.25) is 0 Å². The van der Waals surface area contributed by atoms with Crippen LogP contribution in [0.3, 0.4) is 0 Å². The van der Waals surface area contributed by atoms with Gasteiger partial charge in [0.05, 0.1) is 0 Å². The van der Waals surface area contributed by atoms with Crippen LogP contribution in [0.5, 0.6) is 0 Å². The standard InChI is InChI=1S/C11H14Si/c1-7-8(2)11(12)10-6-4-3-5-9(7)10/h3-7H,1-2,12H3. The normalized spacial score (nSPS) is 21.7. The molecule has 0 aromatic heterocycles. The van der Waals surface area contributed by atoms with E-state index >= 15 is 0 Å². The molecule has 0 heterocycles. The van der Waals surface area contributed by atoms with Crippen molar-refractivity contribution < 1.29 is 0 Å². The Bertz CT molecular complexity index is 350. The molecule has 1 aromatic rings. The minimum absolute atomic E-state index is 0.661. The molecular weight excluding hydrogens is 160 g/mol. The van der Waals surface area contributed by atoms with Gasteiger partial charge < -0.3 is 0 Å². The molecule has 1 atom stereocenters. The third-order valence-electron chi connectivity index (χ3n) is 3.07. The third-order valence-corrected chi connectivity index (χ3v) is 4.40. The molecular formula is C11H14Si. The number of hydrogen-bond donors (Lipinski definition) is 0. The summed E-state index contributed by atoms with van der Waals surface area (Å²) >= 11 is 0. The molecule has 1 aliphatic rings. The van der Waals surface area contributed by atoms with E-state index in [1.807, 2.05) is 0 Å². The van der Waals surface area contributed by atoms with Gasteiger partial charge in [-0.05, 0) is 18.1 Å². The fourth-order valence-corrected chi connectivity index (χ4v) is 2.87. The van der Waals surface area contributed by atoms with Gasteiger partial charge >= 0.3 is 0 Å². The van der Waals surface area contributed by atoms with Crippen LogP contribution in [-0.2, 0) is 0 Å². The molecule has 0 saturated heterocycles. The zero-order valence-electron chi connectivity index (χ0n) is 7.89. The third kappa shape index (κ3) is 0.895. The van der Waals surface area contributed by atoms with Gasteiger partial charge in [-0.25, -0.2) is 0 Å². The number of rotatable bonds is 0. The summed E-state index contributed by atoms with van der Waals surface area (Å²) in [4.78, 5) is 0. The monoisotopic (exact) mass is 174 g/mol. The van der Waals surface area contributed by atoms with Crippen molar-refractivity contribution in [3.8, 4) is 0 Å². The SMILES string of the molecule is CC1=C([SiH3])c2ccccc2C1C. The molecule has 0 radical (unpaired) electrons. The summed E-state index contributed by atoms with van der Waals surface area (Å²) in [5, 5.41) is 1.61. The van der Waals surface area contributed by atoms with Crippen LogP contribution in [0.15, 0.2) is 29.8 Å². The first-order chi connectivity index (χ1) is 5.72. The Hall–Kier alpha value is -0.823. The van der Waals surface area contributed by atoms with Gasteiger partial charge in [0.1, 0.15) is 0 Å². The van der Waals surface area contributed by atoms with E-state index in [2.05, 4.69) is 38.1 Å². The highest BCUT2D eigenvalue weighted by atomic mass is 28.1. The van der Waals surface area contributed by atoms with E-state index < -0.39 is 0 Å². The van der Waals surface area contributed by atoms with E-state index in [0.29, 0.717) is 5.92 Å². The van der Waals surface area contributed by atoms with Crippen LogP contribution in [-0.4, -0.2) is 10.2 Å². The smallest absolute Gasteiger partial charge is 0.0392 e. The molecule has 0 spiro atoms. The van der Waals surface area contributed by atoms with E-state index in [1.165, 1.54) is 21.4 Å². The minimum Gasteiger partial charge on any atom is -0.0672 e. The summed E-state index contributed by atoms with van der Waals surface area (Å²) in [6.45, 7) is 4.58. The molecule has 0 aliphatic heterocycles. The number of allylic oxidation sites excluding steroid dienone is 1. The van der Waals surface area contributed by atoms with Crippen LogP contribution in [0.2, 0.25) is 0 Å². The summed E-state index contributed by atoms with van der Waals surface area (Å²) in [6, 6.07) is 8.80. The largest absolute Gasteiger partial charge is 0.0672 e. The van der Waals surface area contributed by atoms with Crippen LogP contribution < -0.4 is 0 Å². The maximum absolute atomic E-state index is 2.30. The average Bonchev–Trinajstić information content (AvgIpc) is 2.33. The lowest BCUT2D eigenvalue weighted by Crippen LogP contribution is -1.88. The summed E-state index contributed by atoms with van der Waals surface area (Å²) in [6.07, 6.45) is 0. The fourth-order valence-electron chi connectivity index (χ4n) is 1.99. The van der Waals surface area contributed by atoms with Gasteiger partial charge in [-0.1, -0.05) is 42.0 Å². The number of fused-ring (bicyclic) bond motifs is 1. The first-order valence-corrected chi connectivity index (χ1v) is 5.48. The number of hydrogen-bond acceptors (Lipinski definition) is 0. The molecule has 0 nitrogen and oxygen atoms in total. The molecule has 2 rings (SSSR count). The summed E-state index contributed by atoms with van der Waals surface area (Å²) in [5.41, 5.74) is 4.62. The van der Waals surface area contributed by atoms with Gasteiger partial charge in [0, 0.05) is 16.2 Å². The molecule has 1 unspecified atom stereocenters. The molecule has 1 aromatic carbocycles. The fraction of sp³-hybridized carbons (Fsp3) is 0.273. The molecule has 1 aliphatic carbocycles. The van der Waals surface area contributed by atoms with Crippen LogP contribution in [0.4, 0.5) is 0 Å². The Morgan fingerprint density at radius 1 is 1.25 bits per heavy atom. The molecule has 12 heavy (non-hydrogen) atoms. The van der Waals surface area contributed by atoms with Crippen molar-refractivity contribution in [2.45, 2.75) is 19.8 Å². The van der Waals surface area contributed by atoms with Gasteiger partial charge in [0.2, 0.25) is 0 Å². The maximum Gasteiger partial charge on any atom is 0.0392 e. The topological polar surface area (TPSA) is 0 Å². The second kappa shape index (κ2) is 2.59. The predicted molar refractivity (Wildman–Crippen MR) is 57.4 cm³/mol. The lowest BCUT2D eigenvalue weighted by molar-refractivity contribution is 0.921. The highest BCUT2D eigenvalue weighted by Gasteiger charge is 2.21. The van der Waals surface area contributed by atoms with Crippen molar-refractivity contribution in [1.82, 2.24) is 0 Å². The van der Waals surface area contributed by atoms with Crippen LogP contribution in [0.1, 0.15) is 30.9 Å². The Labute approximate surface area is 76.7 Å². The van der Waals surface area contributed by atoms with Crippen LogP contribution in [0, 0.1) is 0 Å². The molecule has 0 amide bonds. The molecule has 0 fully saturated rings. The highest BCUT2D eigenvalue weighted by molar-refractivity contribution is 6.43. The van der Waals surface area contributed by atoms with E-state index in [0.717, 1.165) is 0 Å². The zero-order chi connectivity index (χ0) is 8.72. The van der Waals surface area contributed by atoms with E-state index in [9.17, 15) is 0 Å². The van der Waals surface area contributed by atoms with E-state index in [-0.39, 0.29) is 0 Å². The molecule has 1 heteroatoms. The Kier molecular flexibility index (Phi) is 1.69. The van der Waals surface area contributed by atoms with Crippen LogP contribution >= 0.6 is 0 Å². The Morgan fingerprint density at radius 2 is 1.92 bits per heavy atom.